The quantitative estimate of drug-likeness (QED) is 0.641. The average molecular weight is 385 g/mol. The van der Waals surface area contributed by atoms with Crippen LogP contribution in [-0.2, 0) is 11.2 Å². The van der Waals surface area contributed by atoms with E-state index < -0.39 is 0 Å². The van der Waals surface area contributed by atoms with Gasteiger partial charge in [-0.2, -0.15) is 4.98 Å². The van der Waals surface area contributed by atoms with Crippen LogP contribution in [0.3, 0.4) is 0 Å². The number of hydrogen-bond acceptors (Lipinski definition) is 5. The summed E-state index contributed by atoms with van der Waals surface area (Å²) < 4.78 is 5.37. The van der Waals surface area contributed by atoms with Gasteiger partial charge in [-0.3, -0.25) is 4.79 Å². The van der Waals surface area contributed by atoms with Crippen molar-refractivity contribution in [2.75, 3.05) is 18.0 Å². The molecule has 0 aliphatic heterocycles. The Bertz CT molecular complexity index is 926. The standard InChI is InChI=1S/C20H21ClN4O2/c1-14-4-2-7-17(12-14)25(10-8-18(22)26)11-9-19-23-20(24-27-19)15-5-3-6-16(21)13-15/h2-7,12-13H,8-11H2,1H3,(H2,22,26). The molecule has 27 heavy (non-hydrogen) atoms. The Morgan fingerprint density at radius 2 is 2.00 bits per heavy atom. The van der Waals surface area contributed by atoms with Gasteiger partial charge in [-0.1, -0.05) is 41.0 Å². The van der Waals surface area contributed by atoms with Crippen molar-refractivity contribution in [3.63, 3.8) is 0 Å². The van der Waals surface area contributed by atoms with Crippen molar-refractivity contribution in [1.82, 2.24) is 10.1 Å². The number of rotatable bonds is 8. The van der Waals surface area contributed by atoms with E-state index in [1.54, 1.807) is 12.1 Å². The van der Waals surface area contributed by atoms with E-state index in [0.29, 0.717) is 36.2 Å². The van der Waals surface area contributed by atoms with Gasteiger partial charge < -0.3 is 15.2 Å². The number of aryl methyl sites for hydroxylation is 1. The van der Waals surface area contributed by atoms with Crippen LogP contribution in [0.25, 0.3) is 11.4 Å². The van der Waals surface area contributed by atoms with E-state index in [1.165, 1.54) is 0 Å². The molecule has 1 heterocycles. The summed E-state index contributed by atoms with van der Waals surface area (Å²) >= 11 is 6.01. The van der Waals surface area contributed by atoms with E-state index in [0.717, 1.165) is 16.8 Å². The van der Waals surface area contributed by atoms with Crippen molar-refractivity contribution in [2.24, 2.45) is 5.73 Å². The molecule has 0 bridgehead atoms. The summed E-state index contributed by atoms with van der Waals surface area (Å²) in [5.74, 6) is 0.710. The summed E-state index contributed by atoms with van der Waals surface area (Å²) in [6.45, 7) is 3.20. The van der Waals surface area contributed by atoms with Gasteiger partial charge in [0.2, 0.25) is 17.6 Å². The number of anilines is 1. The second-order valence-electron chi connectivity index (χ2n) is 6.31. The number of carbonyl (C=O) groups is 1. The average Bonchev–Trinajstić information content (AvgIpc) is 3.10. The van der Waals surface area contributed by atoms with Gasteiger partial charge in [0.1, 0.15) is 0 Å². The van der Waals surface area contributed by atoms with Gasteiger partial charge in [-0.05, 0) is 36.8 Å². The highest BCUT2D eigenvalue weighted by Crippen LogP contribution is 2.21. The van der Waals surface area contributed by atoms with Crippen molar-refractivity contribution in [3.8, 4) is 11.4 Å². The van der Waals surface area contributed by atoms with Crippen molar-refractivity contribution in [1.29, 1.82) is 0 Å². The zero-order chi connectivity index (χ0) is 19.2. The van der Waals surface area contributed by atoms with Crippen LogP contribution < -0.4 is 10.6 Å². The summed E-state index contributed by atoms with van der Waals surface area (Å²) in [5.41, 5.74) is 8.31. The highest BCUT2D eigenvalue weighted by molar-refractivity contribution is 6.30. The van der Waals surface area contributed by atoms with Crippen molar-refractivity contribution < 1.29 is 9.32 Å². The first-order valence-electron chi connectivity index (χ1n) is 8.70. The minimum Gasteiger partial charge on any atom is -0.370 e. The summed E-state index contributed by atoms with van der Waals surface area (Å²) in [7, 11) is 0. The first-order chi connectivity index (χ1) is 13.0. The Morgan fingerprint density at radius 1 is 1.19 bits per heavy atom. The van der Waals surface area contributed by atoms with Gasteiger partial charge in [0.05, 0.1) is 0 Å². The molecular formula is C20H21ClN4O2. The molecule has 3 rings (SSSR count). The molecule has 3 aromatic rings. The monoisotopic (exact) mass is 384 g/mol. The lowest BCUT2D eigenvalue weighted by Crippen LogP contribution is -2.30. The molecule has 2 N–H and O–H groups in total. The van der Waals surface area contributed by atoms with Gasteiger partial charge in [-0.15, -0.1) is 0 Å². The van der Waals surface area contributed by atoms with Crippen LogP contribution in [0.2, 0.25) is 5.02 Å². The highest BCUT2D eigenvalue weighted by Gasteiger charge is 2.13. The lowest BCUT2D eigenvalue weighted by atomic mass is 10.2. The van der Waals surface area contributed by atoms with Crippen LogP contribution in [0.4, 0.5) is 5.69 Å². The van der Waals surface area contributed by atoms with Crippen molar-refractivity contribution in [3.05, 3.63) is 65.0 Å². The topological polar surface area (TPSA) is 85.2 Å². The first-order valence-corrected chi connectivity index (χ1v) is 9.07. The van der Waals surface area contributed by atoms with Crippen LogP contribution >= 0.6 is 11.6 Å². The lowest BCUT2D eigenvalue weighted by Gasteiger charge is -2.24. The number of aromatic nitrogens is 2. The third kappa shape index (κ3) is 5.31. The number of nitrogens with two attached hydrogens (primary N) is 1. The Labute approximate surface area is 162 Å². The Balaban J connectivity index is 1.70. The molecule has 0 atom stereocenters. The van der Waals surface area contributed by atoms with Crippen LogP contribution in [-0.4, -0.2) is 29.1 Å². The molecule has 0 aliphatic rings. The Hall–Kier alpha value is -2.86. The van der Waals surface area contributed by atoms with E-state index in [-0.39, 0.29) is 12.3 Å². The number of hydrogen-bond donors (Lipinski definition) is 1. The molecule has 0 radical (unpaired) electrons. The molecule has 0 saturated carbocycles. The molecule has 7 heteroatoms. The number of amides is 1. The van der Waals surface area contributed by atoms with E-state index in [9.17, 15) is 4.79 Å². The predicted octanol–water partition coefficient (Wildman–Crippen LogP) is 3.62. The molecule has 0 saturated heterocycles. The zero-order valence-corrected chi connectivity index (χ0v) is 15.8. The van der Waals surface area contributed by atoms with Gasteiger partial charge in [-0.25, -0.2) is 0 Å². The maximum absolute atomic E-state index is 11.2. The second kappa shape index (κ2) is 8.68. The molecule has 0 fully saturated rings. The van der Waals surface area contributed by atoms with Gasteiger partial charge in [0.15, 0.2) is 0 Å². The molecular weight excluding hydrogens is 364 g/mol. The summed E-state index contributed by atoms with van der Waals surface area (Å²) in [5, 5.41) is 4.65. The van der Waals surface area contributed by atoms with Gasteiger partial charge >= 0.3 is 0 Å². The summed E-state index contributed by atoms with van der Waals surface area (Å²) in [6.07, 6.45) is 0.839. The third-order valence-corrected chi connectivity index (χ3v) is 4.38. The zero-order valence-electron chi connectivity index (χ0n) is 15.1. The normalized spacial score (nSPS) is 10.7. The highest BCUT2D eigenvalue weighted by atomic mass is 35.5. The van der Waals surface area contributed by atoms with Crippen molar-refractivity contribution in [2.45, 2.75) is 19.8 Å². The Morgan fingerprint density at radius 3 is 2.74 bits per heavy atom. The number of nitrogens with zero attached hydrogens (tertiary/aromatic N) is 3. The number of carbonyl (C=O) groups excluding carboxylic acids is 1. The van der Waals surface area contributed by atoms with Crippen LogP contribution in [0.1, 0.15) is 17.9 Å². The largest absolute Gasteiger partial charge is 0.370 e. The molecule has 2 aromatic carbocycles. The first kappa shape index (κ1) is 18.9. The number of primary amides is 1. The summed E-state index contributed by atoms with van der Waals surface area (Å²) in [6, 6.07) is 15.4. The molecule has 140 valence electrons. The third-order valence-electron chi connectivity index (χ3n) is 4.14. The van der Waals surface area contributed by atoms with E-state index >= 15 is 0 Å². The van der Waals surface area contributed by atoms with Gasteiger partial charge in [0, 0.05) is 42.2 Å². The predicted molar refractivity (Wildman–Crippen MR) is 106 cm³/mol. The molecule has 1 aromatic heterocycles. The number of benzene rings is 2. The minimum atomic E-state index is -0.325. The van der Waals surface area contributed by atoms with E-state index in [4.69, 9.17) is 21.9 Å². The van der Waals surface area contributed by atoms with Crippen LogP contribution in [0.5, 0.6) is 0 Å². The molecule has 6 nitrogen and oxygen atoms in total. The SMILES string of the molecule is Cc1cccc(N(CCC(N)=O)CCc2nc(-c3cccc(Cl)c3)no2)c1. The maximum Gasteiger partial charge on any atom is 0.228 e. The molecule has 0 unspecified atom stereocenters. The van der Waals surface area contributed by atoms with Crippen molar-refractivity contribution >= 4 is 23.2 Å². The molecule has 0 spiro atoms. The van der Waals surface area contributed by atoms with E-state index in [1.807, 2.05) is 37.3 Å². The fraction of sp³-hybridized carbons (Fsp3) is 0.250. The number of halogens is 1. The maximum atomic E-state index is 11.2. The Kier molecular flexibility index (Phi) is 6.08. The van der Waals surface area contributed by atoms with Crippen LogP contribution in [0, 0.1) is 6.92 Å². The minimum absolute atomic E-state index is 0.283. The fourth-order valence-corrected chi connectivity index (χ4v) is 2.96. The second-order valence-corrected chi connectivity index (χ2v) is 6.75. The lowest BCUT2D eigenvalue weighted by molar-refractivity contribution is -0.117. The van der Waals surface area contributed by atoms with Crippen LogP contribution in [0.15, 0.2) is 53.1 Å². The fourth-order valence-electron chi connectivity index (χ4n) is 2.77. The molecule has 1 amide bonds. The summed E-state index contributed by atoms with van der Waals surface area (Å²) in [4.78, 5) is 17.8. The smallest absolute Gasteiger partial charge is 0.228 e. The van der Waals surface area contributed by atoms with E-state index in [2.05, 4.69) is 21.1 Å². The van der Waals surface area contributed by atoms with Gasteiger partial charge in [0.25, 0.3) is 0 Å². The molecule has 0 aliphatic carbocycles.